The molecule has 0 N–H and O–H groups in total. The van der Waals surface area contributed by atoms with E-state index in [2.05, 4.69) is 150 Å². The van der Waals surface area contributed by atoms with Gasteiger partial charge in [0.25, 0.3) is 0 Å². The molecule has 0 nitrogen and oxygen atoms in total. The van der Waals surface area contributed by atoms with Gasteiger partial charge in [0, 0.05) is 8.07 Å². The van der Waals surface area contributed by atoms with Gasteiger partial charge < -0.3 is 24.8 Å². The van der Waals surface area contributed by atoms with Crippen LogP contribution in [-0.2, 0) is 30.7 Å². The van der Waals surface area contributed by atoms with Crippen molar-refractivity contribution in [1.82, 2.24) is 0 Å². The topological polar surface area (TPSA) is 0 Å². The minimum absolute atomic E-state index is 0. The second-order valence-corrected chi connectivity index (χ2v) is 18.2. The van der Waals surface area contributed by atoms with Crippen molar-refractivity contribution in [1.29, 1.82) is 0 Å². The zero-order chi connectivity index (χ0) is 28.9. The summed E-state index contributed by atoms with van der Waals surface area (Å²) in [5.41, 5.74) is 13.7. The minimum Gasteiger partial charge on any atom is -1.00 e. The number of halogens is 2. The molecule has 0 aromatic heterocycles. The van der Waals surface area contributed by atoms with Crippen LogP contribution in [0.25, 0.3) is 11.1 Å². The van der Waals surface area contributed by atoms with Crippen LogP contribution in [0.2, 0.25) is 19.6 Å². The van der Waals surface area contributed by atoms with Crippen molar-refractivity contribution < 1.29 is 49.0 Å². The molecule has 1 aliphatic carbocycles. The first kappa shape index (κ1) is 36.0. The third kappa shape index (κ3) is 9.39. The van der Waals surface area contributed by atoms with Crippen LogP contribution in [0, 0.1) is 33.8 Å². The number of fused-ring (bicyclic) bond motifs is 3. The number of aryl methyl sites for hydroxylation is 4. The van der Waals surface area contributed by atoms with Gasteiger partial charge >= 0.3 is 112 Å². The van der Waals surface area contributed by atoms with Gasteiger partial charge in [0.05, 0.1) is 0 Å². The van der Waals surface area contributed by atoms with Crippen molar-refractivity contribution in [2.45, 2.75) is 53.8 Å². The summed E-state index contributed by atoms with van der Waals surface area (Å²) in [7, 11) is -1.06. The maximum absolute atomic E-state index is 3.30. The van der Waals surface area contributed by atoms with E-state index in [9.17, 15) is 0 Å². The number of benzene rings is 4. The van der Waals surface area contributed by atoms with Crippen molar-refractivity contribution in [3.05, 3.63) is 154 Å². The Balaban J connectivity index is 0.000000219. The summed E-state index contributed by atoms with van der Waals surface area (Å²) in [6.45, 7) is 15.8. The van der Waals surface area contributed by atoms with Gasteiger partial charge in [-0.25, -0.2) is 6.07 Å². The second kappa shape index (κ2) is 16.0. The molecule has 0 bridgehead atoms. The summed E-state index contributed by atoms with van der Waals surface area (Å²) < 4.78 is 1.42. The molecule has 0 atom stereocenters. The van der Waals surface area contributed by atoms with Crippen molar-refractivity contribution in [3.63, 3.8) is 0 Å². The fraction of sp³-hybridized carbons (Fsp3) is 0.211. The largest absolute Gasteiger partial charge is 1.00 e. The summed E-state index contributed by atoms with van der Waals surface area (Å²) in [6.07, 6.45) is 1.05. The molecule has 5 aromatic carbocycles. The Morgan fingerprint density at radius 1 is 0.714 bits per heavy atom. The molecule has 0 spiro atoms. The van der Waals surface area contributed by atoms with E-state index in [1.165, 1.54) is 83.1 Å². The molecule has 1 aliphatic rings. The van der Waals surface area contributed by atoms with Crippen LogP contribution < -0.4 is 30.0 Å². The predicted molar refractivity (Wildman–Crippen MR) is 174 cm³/mol. The molecule has 0 heterocycles. The molecule has 0 radical (unpaired) electrons. The van der Waals surface area contributed by atoms with Crippen LogP contribution in [0.3, 0.4) is 0 Å². The first-order valence-electron chi connectivity index (χ1n) is 14.1. The van der Waals surface area contributed by atoms with E-state index < -0.39 is 8.07 Å². The molecule has 6 rings (SSSR count). The molecular weight excluding hydrogens is 647 g/mol. The van der Waals surface area contributed by atoms with Crippen LogP contribution in [0.5, 0.6) is 0 Å². The van der Waals surface area contributed by atoms with Gasteiger partial charge in [-0.05, 0) is 6.42 Å². The van der Waals surface area contributed by atoms with Crippen molar-refractivity contribution in [3.8, 4) is 11.1 Å². The van der Waals surface area contributed by atoms with Gasteiger partial charge in [-0.2, -0.15) is 52.2 Å². The summed E-state index contributed by atoms with van der Waals surface area (Å²) in [6, 6.07) is 40.3. The summed E-state index contributed by atoms with van der Waals surface area (Å²) in [4.78, 5) is 0. The monoisotopic (exact) mass is 684 g/mol. The maximum Gasteiger partial charge on any atom is -0.0253 e. The molecule has 216 valence electrons. The van der Waals surface area contributed by atoms with Gasteiger partial charge in [0.2, 0.25) is 0 Å². The van der Waals surface area contributed by atoms with Crippen LogP contribution in [0.1, 0.15) is 44.5 Å². The quantitative estimate of drug-likeness (QED) is 0.199. The Morgan fingerprint density at radius 2 is 1.24 bits per heavy atom. The summed E-state index contributed by atoms with van der Waals surface area (Å²) in [5, 5.41) is 1.62. The average Bonchev–Trinajstić information content (AvgIpc) is 3.49. The Morgan fingerprint density at radius 3 is 1.71 bits per heavy atom. The zero-order valence-electron chi connectivity index (χ0n) is 25.8. The van der Waals surface area contributed by atoms with Crippen molar-refractivity contribution in [2.24, 2.45) is 0 Å². The van der Waals surface area contributed by atoms with Crippen molar-refractivity contribution in [2.75, 3.05) is 0 Å². The molecule has 0 saturated carbocycles. The molecule has 5 aromatic rings. The molecule has 0 unspecified atom stereocenters. The fourth-order valence-electron chi connectivity index (χ4n) is 5.22. The second-order valence-electron chi connectivity index (χ2n) is 11.9. The summed E-state index contributed by atoms with van der Waals surface area (Å²) >= 11 is 1.46. The number of hydrogen-bond donors (Lipinski definition) is 0. The first-order chi connectivity index (χ1) is 19.0. The molecule has 4 heteroatoms. The Hall–Kier alpha value is -2.22. The Labute approximate surface area is 282 Å². The standard InChI is InChI=1S/C15H14.C13H9.C10H17Si.2ClH.Zr/c1-12-3-7-14(8-4-12)11-15-9-5-13(2)6-10-15;1-3-7-12-10(5-1)9-11-6-2-4-8-13(11)12;1-8-6-9(2)10(7-8)11(3,4)5;;;/h3-10H,1-2H3;1-5,7-8H,9H2;6-7H,1-5H3;2*1H;/q;2*-1;;;+2/p-2. The molecular formula is C38H40Cl2SiZr-2. The summed E-state index contributed by atoms with van der Waals surface area (Å²) in [5.74, 6) is 0. The van der Waals surface area contributed by atoms with Crippen LogP contribution in [-0.4, -0.2) is 11.3 Å². The SMILES string of the molecule is Cc1cc([Si](C)(C)C)c(C)[cH-]1.Cc1ccc([C](=[Zr+2])c2ccc(C)cc2)cc1.[Cl-].[Cl-].[c-]1cccc2c1Cc1ccccc1-2. The van der Waals surface area contributed by atoms with E-state index in [1.807, 2.05) is 6.07 Å². The smallest absolute Gasteiger partial charge is 0.0253 e. The van der Waals surface area contributed by atoms with E-state index in [0.717, 1.165) is 6.42 Å². The zero-order valence-corrected chi connectivity index (χ0v) is 30.7. The van der Waals surface area contributed by atoms with Crippen molar-refractivity contribution >= 4 is 16.5 Å². The predicted octanol–water partition coefficient (Wildman–Crippen LogP) is 3.05. The fourth-order valence-corrected chi connectivity index (χ4v) is 7.95. The Bertz CT molecular complexity index is 1500. The van der Waals surface area contributed by atoms with Crippen LogP contribution in [0.4, 0.5) is 0 Å². The van der Waals surface area contributed by atoms with Gasteiger partial charge in [0.15, 0.2) is 0 Å². The van der Waals surface area contributed by atoms with E-state index in [0.29, 0.717) is 0 Å². The van der Waals surface area contributed by atoms with E-state index in [1.54, 1.807) is 5.19 Å². The van der Waals surface area contributed by atoms with Crippen LogP contribution in [0.15, 0.2) is 103 Å². The van der Waals surface area contributed by atoms with E-state index >= 15 is 0 Å². The maximum atomic E-state index is 3.30. The Kier molecular flexibility index (Phi) is 13.7. The normalized spacial score (nSPS) is 10.9. The average molecular weight is 687 g/mol. The minimum atomic E-state index is -1.06. The first-order valence-corrected chi connectivity index (χ1v) is 18.8. The number of hydrogen-bond acceptors (Lipinski definition) is 0. The van der Waals surface area contributed by atoms with E-state index in [-0.39, 0.29) is 24.8 Å². The third-order valence-electron chi connectivity index (χ3n) is 7.35. The molecule has 0 fully saturated rings. The number of rotatable bonds is 3. The van der Waals surface area contributed by atoms with Gasteiger partial charge in [-0.3, -0.25) is 0 Å². The third-order valence-corrected chi connectivity index (χ3v) is 10.9. The van der Waals surface area contributed by atoms with Gasteiger partial charge in [-0.15, -0.1) is 5.56 Å². The molecule has 0 aliphatic heterocycles. The van der Waals surface area contributed by atoms with Gasteiger partial charge in [0.1, 0.15) is 0 Å². The molecule has 0 amide bonds. The van der Waals surface area contributed by atoms with Crippen LogP contribution >= 0.6 is 0 Å². The van der Waals surface area contributed by atoms with Gasteiger partial charge in [-0.1, -0.05) is 68.9 Å². The van der Waals surface area contributed by atoms with E-state index in [4.69, 9.17) is 0 Å². The molecule has 42 heavy (non-hydrogen) atoms. The molecule has 0 saturated heterocycles.